The molecule has 0 N–H and O–H groups in total. The molecule has 0 spiro atoms. The number of aromatic nitrogens is 1. The van der Waals surface area contributed by atoms with Crippen molar-refractivity contribution in [2.45, 2.75) is 83.5 Å². The molecule has 0 saturated heterocycles. The van der Waals surface area contributed by atoms with Gasteiger partial charge in [0.1, 0.15) is 0 Å². The summed E-state index contributed by atoms with van der Waals surface area (Å²) < 4.78 is 2.60. The average Bonchev–Trinajstić information content (AvgIpc) is 2.67. The molecule has 0 unspecified atom stereocenters. The van der Waals surface area contributed by atoms with Crippen molar-refractivity contribution in [3.63, 3.8) is 0 Å². The lowest BCUT2D eigenvalue weighted by Crippen LogP contribution is -2.04. The SMILES string of the molecule is Cn1c2c(c3c1CCCCCC3)CCCCCCC2. The Balaban J connectivity index is 1.98. The van der Waals surface area contributed by atoms with E-state index in [2.05, 4.69) is 11.6 Å². The molecular weight excluding hydrogens is 230 g/mol. The van der Waals surface area contributed by atoms with Gasteiger partial charge in [-0.2, -0.15) is 0 Å². The number of hydrogen-bond donors (Lipinski definition) is 0. The molecule has 0 radical (unpaired) electrons. The third-order valence-electron chi connectivity index (χ3n) is 5.30. The molecule has 0 atom stereocenters. The Hall–Kier alpha value is -0.720. The van der Waals surface area contributed by atoms with Crippen molar-refractivity contribution in [1.29, 1.82) is 0 Å². The Bertz CT molecular complexity index is 427. The second kappa shape index (κ2) is 6.15. The van der Waals surface area contributed by atoms with Gasteiger partial charge in [0.2, 0.25) is 0 Å². The van der Waals surface area contributed by atoms with Gasteiger partial charge in [-0.3, -0.25) is 0 Å². The van der Waals surface area contributed by atoms with E-state index in [1.165, 1.54) is 83.5 Å². The second-order valence-corrected chi connectivity index (χ2v) is 6.59. The summed E-state index contributed by atoms with van der Waals surface area (Å²) in [5.41, 5.74) is 6.96. The van der Waals surface area contributed by atoms with Crippen LogP contribution in [-0.4, -0.2) is 4.57 Å². The smallest absolute Gasteiger partial charge is 0.0209 e. The largest absolute Gasteiger partial charge is 0.351 e. The van der Waals surface area contributed by atoms with Gasteiger partial charge < -0.3 is 4.57 Å². The fourth-order valence-electron chi connectivity index (χ4n) is 4.22. The average molecular weight is 259 g/mol. The number of fused-ring (bicyclic) bond motifs is 3. The zero-order valence-corrected chi connectivity index (χ0v) is 12.6. The van der Waals surface area contributed by atoms with Gasteiger partial charge in [-0.1, -0.05) is 32.1 Å². The molecule has 106 valence electrons. The van der Waals surface area contributed by atoms with Crippen LogP contribution in [0, 0.1) is 0 Å². The van der Waals surface area contributed by atoms with Gasteiger partial charge in [0.25, 0.3) is 0 Å². The van der Waals surface area contributed by atoms with E-state index in [4.69, 9.17) is 0 Å². The van der Waals surface area contributed by atoms with Gasteiger partial charge in [0.15, 0.2) is 0 Å². The molecule has 2 aliphatic rings. The first-order chi connectivity index (χ1) is 9.38. The van der Waals surface area contributed by atoms with Crippen LogP contribution in [0.2, 0.25) is 0 Å². The Kier molecular flexibility index (Phi) is 4.30. The van der Waals surface area contributed by atoms with Crippen LogP contribution in [0.3, 0.4) is 0 Å². The van der Waals surface area contributed by atoms with Gasteiger partial charge in [0, 0.05) is 18.4 Å². The van der Waals surface area contributed by atoms with Crippen LogP contribution in [0.1, 0.15) is 80.3 Å². The summed E-state index contributed by atoms with van der Waals surface area (Å²) in [6.45, 7) is 0. The highest BCUT2D eigenvalue weighted by Crippen LogP contribution is 2.31. The minimum atomic E-state index is 1.33. The van der Waals surface area contributed by atoms with E-state index in [0.29, 0.717) is 0 Å². The van der Waals surface area contributed by atoms with Gasteiger partial charge in [-0.15, -0.1) is 0 Å². The van der Waals surface area contributed by atoms with E-state index in [1.807, 2.05) is 0 Å². The van der Waals surface area contributed by atoms with Crippen molar-refractivity contribution >= 4 is 0 Å². The van der Waals surface area contributed by atoms with Crippen LogP contribution < -0.4 is 0 Å². The highest BCUT2D eigenvalue weighted by Gasteiger charge is 2.21. The fraction of sp³-hybridized carbons (Fsp3) is 0.778. The summed E-state index contributed by atoms with van der Waals surface area (Å²) in [6, 6.07) is 0. The lowest BCUT2D eigenvalue weighted by molar-refractivity contribution is 0.588. The summed E-state index contributed by atoms with van der Waals surface area (Å²) in [6.07, 6.45) is 18.3. The number of rotatable bonds is 0. The predicted molar refractivity (Wildman–Crippen MR) is 81.8 cm³/mol. The van der Waals surface area contributed by atoms with Crippen molar-refractivity contribution in [3.05, 3.63) is 22.5 Å². The monoisotopic (exact) mass is 259 g/mol. The third kappa shape index (κ3) is 2.75. The van der Waals surface area contributed by atoms with Crippen molar-refractivity contribution in [1.82, 2.24) is 4.57 Å². The van der Waals surface area contributed by atoms with E-state index in [-0.39, 0.29) is 0 Å². The van der Waals surface area contributed by atoms with Crippen molar-refractivity contribution in [3.8, 4) is 0 Å². The molecule has 19 heavy (non-hydrogen) atoms. The molecule has 0 aromatic carbocycles. The number of nitrogens with zero attached hydrogens (tertiary/aromatic N) is 1. The Labute approximate surface area is 118 Å². The topological polar surface area (TPSA) is 4.93 Å². The summed E-state index contributed by atoms with van der Waals surface area (Å²) in [7, 11) is 2.34. The standard InChI is InChI=1S/C18H29N/c1-19-17-13-9-4-2-3-7-11-15(17)16-12-8-5-6-10-14-18(16)19/h2-14H2,1H3. The summed E-state index contributed by atoms with van der Waals surface area (Å²) in [5, 5.41) is 0. The maximum atomic E-state index is 2.60. The molecule has 1 nitrogen and oxygen atoms in total. The molecular formula is C18H29N. The molecule has 2 aliphatic carbocycles. The van der Waals surface area contributed by atoms with Crippen LogP contribution in [0.5, 0.6) is 0 Å². The van der Waals surface area contributed by atoms with E-state index in [9.17, 15) is 0 Å². The van der Waals surface area contributed by atoms with E-state index < -0.39 is 0 Å². The molecule has 1 heteroatoms. The van der Waals surface area contributed by atoms with Crippen molar-refractivity contribution in [2.24, 2.45) is 7.05 Å². The second-order valence-electron chi connectivity index (χ2n) is 6.59. The molecule has 0 bridgehead atoms. The lowest BCUT2D eigenvalue weighted by atomic mass is 9.93. The van der Waals surface area contributed by atoms with Crippen LogP contribution >= 0.6 is 0 Å². The van der Waals surface area contributed by atoms with Crippen LogP contribution in [0.25, 0.3) is 0 Å². The van der Waals surface area contributed by atoms with Gasteiger partial charge >= 0.3 is 0 Å². The third-order valence-corrected chi connectivity index (χ3v) is 5.30. The zero-order valence-electron chi connectivity index (χ0n) is 12.6. The fourth-order valence-corrected chi connectivity index (χ4v) is 4.22. The minimum Gasteiger partial charge on any atom is -0.351 e. The van der Waals surface area contributed by atoms with E-state index in [0.717, 1.165) is 0 Å². The lowest BCUT2D eigenvalue weighted by Gasteiger charge is -2.13. The molecule has 0 amide bonds. The molecule has 0 fully saturated rings. The quantitative estimate of drug-likeness (QED) is 0.634. The Morgan fingerprint density at radius 1 is 0.526 bits per heavy atom. The van der Waals surface area contributed by atoms with Crippen molar-refractivity contribution < 1.29 is 0 Å². The molecule has 1 aromatic heterocycles. The van der Waals surface area contributed by atoms with E-state index >= 15 is 0 Å². The summed E-state index contributed by atoms with van der Waals surface area (Å²) >= 11 is 0. The predicted octanol–water partition coefficient (Wildman–Crippen LogP) is 4.73. The maximum absolute atomic E-state index is 2.60. The minimum absolute atomic E-state index is 1.33. The normalized spacial score (nSPS) is 21.3. The number of hydrogen-bond acceptors (Lipinski definition) is 0. The van der Waals surface area contributed by atoms with Crippen LogP contribution in [0.4, 0.5) is 0 Å². The zero-order chi connectivity index (χ0) is 13.1. The van der Waals surface area contributed by atoms with Crippen LogP contribution in [-0.2, 0) is 32.7 Å². The van der Waals surface area contributed by atoms with E-state index in [1.54, 1.807) is 22.5 Å². The molecule has 3 rings (SSSR count). The molecule has 0 saturated carbocycles. The first-order valence-electron chi connectivity index (χ1n) is 8.56. The van der Waals surface area contributed by atoms with Gasteiger partial charge in [-0.05, 0) is 62.5 Å². The maximum Gasteiger partial charge on any atom is 0.0209 e. The highest BCUT2D eigenvalue weighted by atomic mass is 15.0. The first-order valence-corrected chi connectivity index (χ1v) is 8.56. The van der Waals surface area contributed by atoms with Gasteiger partial charge in [0.05, 0.1) is 0 Å². The highest BCUT2D eigenvalue weighted by molar-refractivity contribution is 5.40. The summed E-state index contributed by atoms with van der Waals surface area (Å²) in [5.74, 6) is 0. The van der Waals surface area contributed by atoms with Crippen molar-refractivity contribution in [2.75, 3.05) is 0 Å². The molecule has 1 heterocycles. The molecule has 1 aromatic rings. The first kappa shape index (κ1) is 13.3. The van der Waals surface area contributed by atoms with Gasteiger partial charge in [-0.25, -0.2) is 0 Å². The van der Waals surface area contributed by atoms with Crippen LogP contribution in [0.15, 0.2) is 0 Å². The Morgan fingerprint density at radius 3 is 1.37 bits per heavy atom. The summed E-state index contributed by atoms with van der Waals surface area (Å²) in [4.78, 5) is 0. The Morgan fingerprint density at radius 2 is 0.895 bits per heavy atom. The molecule has 0 aliphatic heterocycles.